The maximum absolute atomic E-state index is 13.3. The van der Waals surface area contributed by atoms with Crippen LogP contribution in [0.4, 0.5) is 28.4 Å². The maximum Gasteiger partial charge on any atom is 0.573 e. The maximum atomic E-state index is 13.3. The monoisotopic (exact) mass is 547 g/mol. The number of carbonyl (C=O) groups is 3. The highest BCUT2D eigenvalue weighted by Crippen LogP contribution is 2.39. The van der Waals surface area contributed by atoms with Gasteiger partial charge in [0.05, 0.1) is 12.8 Å². The summed E-state index contributed by atoms with van der Waals surface area (Å²) in [5.41, 5.74) is -0.937. The van der Waals surface area contributed by atoms with E-state index in [-0.39, 0.29) is 17.8 Å². The van der Waals surface area contributed by atoms with Gasteiger partial charge in [-0.3, -0.25) is 0 Å². The van der Waals surface area contributed by atoms with Crippen LogP contribution in [0.1, 0.15) is 11.1 Å². The molecule has 190 valence electrons. The summed E-state index contributed by atoms with van der Waals surface area (Å²) in [7, 11) is 1.00. The smallest absolute Gasteiger partial charge is 0.452 e. The molecular formula is C21H14Cl2F3N3O7. The van der Waals surface area contributed by atoms with Crippen LogP contribution in [0.2, 0.25) is 5.02 Å². The van der Waals surface area contributed by atoms with Gasteiger partial charge in [-0.25, -0.2) is 14.4 Å². The van der Waals surface area contributed by atoms with Crippen LogP contribution in [-0.2, 0) is 25.0 Å². The predicted molar refractivity (Wildman–Crippen MR) is 118 cm³/mol. The number of alkyl halides is 3. The van der Waals surface area contributed by atoms with Gasteiger partial charge in [0.2, 0.25) is 5.60 Å². The highest BCUT2D eigenvalue weighted by atomic mass is 35.5. The molecule has 2 aromatic rings. The molecule has 0 fully saturated rings. The molecule has 1 heterocycles. The standard InChI is InChI=1S/C21H14Cl2F3N3O7/c1-33-19(32)29(13-3-5-14(6-4-13)35-21(24,25)26)18(31)28-10-34-20(17(30)36-23)9-11-8-12(22)2-7-15(11)16(20)27-28/h2-8H,9-10H2,1H3. The van der Waals surface area contributed by atoms with Crippen LogP contribution < -0.4 is 9.64 Å². The third-order valence-electron chi connectivity index (χ3n) is 5.30. The summed E-state index contributed by atoms with van der Waals surface area (Å²) in [5.74, 6) is -1.55. The Kier molecular flexibility index (Phi) is 6.73. The Morgan fingerprint density at radius 3 is 2.47 bits per heavy atom. The molecule has 1 atom stereocenters. The third-order valence-corrected chi connectivity index (χ3v) is 5.67. The van der Waals surface area contributed by atoms with E-state index in [1.54, 1.807) is 12.1 Å². The van der Waals surface area contributed by atoms with Crippen molar-refractivity contribution in [2.45, 2.75) is 18.4 Å². The number of ether oxygens (including phenoxy) is 3. The first-order valence-electron chi connectivity index (χ1n) is 9.89. The molecule has 3 amide bonds. The van der Waals surface area contributed by atoms with E-state index in [9.17, 15) is 27.6 Å². The van der Waals surface area contributed by atoms with Crippen molar-refractivity contribution in [1.29, 1.82) is 0 Å². The van der Waals surface area contributed by atoms with Crippen LogP contribution in [-0.4, -0.2) is 54.6 Å². The number of anilines is 1. The normalized spacial score (nSPS) is 18.5. The van der Waals surface area contributed by atoms with Gasteiger partial charge in [-0.15, -0.1) is 13.2 Å². The zero-order valence-electron chi connectivity index (χ0n) is 18.0. The molecule has 2 aromatic carbocycles. The fraction of sp³-hybridized carbons (Fsp3) is 0.238. The molecule has 0 radical (unpaired) electrons. The lowest BCUT2D eigenvalue weighted by Crippen LogP contribution is -2.56. The minimum atomic E-state index is -4.93. The quantitative estimate of drug-likeness (QED) is 0.551. The first-order valence-corrected chi connectivity index (χ1v) is 10.6. The van der Waals surface area contributed by atoms with E-state index in [1.165, 1.54) is 6.07 Å². The van der Waals surface area contributed by atoms with E-state index in [0.29, 0.717) is 21.0 Å². The Morgan fingerprint density at radius 1 is 1.17 bits per heavy atom. The number of amides is 3. The van der Waals surface area contributed by atoms with Crippen LogP contribution in [0.15, 0.2) is 47.6 Å². The first-order chi connectivity index (χ1) is 17.0. The number of urea groups is 1. The van der Waals surface area contributed by atoms with Gasteiger partial charge in [-0.2, -0.15) is 15.0 Å². The second-order valence-corrected chi connectivity index (χ2v) is 8.01. The van der Waals surface area contributed by atoms with E-state index in [1.807, 2.05) is 0 Å². The fourth-order valence-corrected chi connectivity index (χ4v) is 4.09. The molecule has 0 aromatic heterocycles. The van der Waals surface area contributed by atoms with Crippen LogP contribution >= 0.6 is 23.5 Å². The van der Waals surface area contributed by atoms with E-state index in [0.717, 1.165) is 36.4 Å². The zero-order valence-corrected chi connectivity index (χ0v) is 19.6. The molecule has 0 saturated carbocycles. The zero-order chi connectivity index (χ0) is 26.3. The predicted octanol–water partition coefficient (Wildman–Crippen LogP) is 4.62. The number of carbonyl (C=O) groups excluding carboxylic acids is 3. The summed E-state index contributed by atoms with van der Waals surface area (Å²) in [6, 6.07) is 7.49. The number of imide groups is 1. The average molecular weight is 548 g/mol. The number of halogens is 5. The van der Waals surface area contributed by atoms with E-state index in [4.69, 9.17) is 28.2 Å². The number of rotatable bonds is 3. The van der Waals surface area contributed by atoms with Crippen LogP contribution in [0.5, 0.6) is 5.75 Å². The van der Waals surface area contributed by atoms with Crippen molar-refractivity contribution in [3.8, 4) is 5.75 Å². The summed E-state index contributed by atoms with van der Waals surface area (Å²) in [6.45, 7) is -0.612. The van der Waals surface area contributed by atoms with Gasteiger partial charge in [0, 0.05) is 17.0 Å². The van der Waals surface area contributed by atoms with Crippen molar-refractivity contribution in [1.82, 2.24) is 5.01 Å². The first kappa shape index (κ1) is 25.5. The van der Waals surface area contributed by atoms with Gasteiger partial charge in [0.1, 0.15) is 30.1 Å². The minimum Gasteiger partial charge on any atom is -0.452 e. The van der Waals surface area contributed by atoms with Crippen molar-refractivity contribution in [3.05, 3.63) is 58.6 Å². The number of fused-ring (bicyclic) bond motifs is 3. The van der Waals surface area contributed by atoms with Gasteiger partial charge >= 0.3 is 24.5 Å². The molecule has 0 spiro atoms. The van der Waals surface area contributed by atoms with Crippen LogP contribution in [0, 0.1) is 0 Å². The van der Waals surface area contributed by atoms with E-state index in [2.05, 4.69) is 18.9 Å². The molecule has 1 aliphatic heterocycles. The molecular weight excluding hydrogens is 534 g/mol. The van der Waals surface area contributed by atoms with Gasteiger partial charge in [0.15, 0.2) is 0 Å². The van der Waals surface area contributed by atoms with Crippen molar-refractivity contribution in [2.75, 3.05) is 18.7 Å². The molecule has 15 heteroatoms. The third kappa shape index (κ3) is 4.64. The lowest BCUT2D eigenvalue weighted by molar-refractivity contribution is -0.274. The van der Waals surface area contributed by atoms with Crippen LogP contribution in [0.3, 0.4) is 0 Å². The number of nitrogens with zero attached hydrogens (tertiary/aromatic N) is 3. The lowest BCUT2D eigenvalue weighted by Gasteiger charge is -2.35. The number of methoxy groups -OCH3 is 1. The summed E-state index contributed by atoms with van der Waals surface area (Å²) in [6.07, 6.45) is -6.13. The average Bonchev–Trinajstić information content (AvgIpc) is 3.17. The second-order valence-electron chi connectivity index (χ2n) is 7.42. The van der Waals surface area contributed by atoms with E-state index < -0.39 is 42.5 Å². The van der Waals surface area contributed by atoms with Gasteiger partial charge < -0.3 is 18.5 Å². The molecule has 2 aliphatic rings. The van der Waals surface area contributed by atoms with Crippen molar-refractivity contribution in [3.63, 3.8) is 0 Å². The molecule has 1 aliphatic carbocycles. The molecule has 4 rings (SSSR count). The van der Waals surface area contributed by atoms with Crippen molar-refractivity contribution >= 4 is 53.0 Å². The van der Waals surface area contributed by atoms with E-state index >= 15 is 0 Å². The molecule has 0 bridgehead atoms. The summed E-state index contributed by atoms with van der Waals surface area (Å²) < 4.78 is 55.9. The van der Waals surface area contributed by atoms with Gasteiger partial charge in [0.25, 0.3) is 0 Å². The minimum absolute atomic E-state index is 0.0156. The fourth-order valence-electron chi connectivity index (χ4n) is 3.77. The Balaban J connectivity index is 1.70. The Bertz CT molecular complexity index is 1260. The topological polar surface area (TPSA) is 107 Å². The Hall–Kier alpha value is -3.55. The molecule has 0 N–H and O–H groups in total. The van der Waals surface area contributed by atoms with Crippen LogP contribution in [0.25, 0.3) is 0 Å². The number of hydrogen-bond donors (Lipinski definition) is 0. The summed E-state index contributed by atoms with van der Waals surface area (Å²) in [4.78, 5) is 38.8. The largest absolute Gasteiger partial charge is 0.573 e. The molecule has 0 saturated heterocycles. The Labute approximate surface area is 210 Å². The molecule has 1 unspecified atom stereocenters. The number of hydrogen-bond acceptors (Lipinski definition) is 8. The molecule has 10 nitrogen and oxygen atoms in total. The highest BCUT2D eigenvalue weighted by molar-refractivity contribution is 6.31. The Morgan fingerprint density at radius 2 is 1.86 bits per heavy atom. The van der Waals surface area contributed by atoms with Crippen molar-refractivity contribution in [2.24, 2.45) is 5.10 Å². The van der Waals surface area contributed by atoms with Gasteiger partial charge in [-0.1, -0.05) is 17.7 Å². The number of benzene rings is 2. The summed E-state index contributed by atoms with van der Waals surface area (Å²) in [5, 5.41) is 5.35. The molecule has 36 heavy (non-hydrogen) atoms. The SMILES string of the molecule is COC(=O)N(C(=O)N1COC2(C(=O)OCl)Cc3cc(Cl)ccc3C2=N1)c1ccc(OC(F)(F)F)cc1. The lowest BCUT2D eigenvalue weighted by atomic mass is 9.98. The highest BCUT2D eigenvalue weighted by Gasteiger charge is 2.56. The van der Waals surface area contributed by atoms with Crippen molar-refractivity contribution < 1.29 is 46.1 Å². The second kappa shape index (κ2) is 9.48. The number of hydrazone groups is 1. The summed E-state index contributed by atoms with van der Waals surface area (Å²) >= 11 is 11.4. The van der Waals surface area contributed by atoms with Gasteiger partial charge in [-0.05, 0) is 42.0 Å².